The van der Waals surface area contributed by atoms with E-state index in [0.29, 0.717) is 12.8 Å². The van der Waals surface area contributed by atoms with Crippen LogP contribution in [0.15, 0.2) is 17.7 Å². The van der Waals surface area contributed by atoms with Crippen LogP contribution in [0, 0.1) is 11.8 Å². The number of carbonyl (C=O) groups excluding carboxylic acids is 1. The van der Waals surface area contributed by atoms with Gasteiger partial charge in [-0.25, -0.2) is 18.4 Å². The molecule has 10 heteroatoms. The Morgan fingerprint density at radius 3 is 2.52 bits per heavy atom. The molecule has 7 nitrogen and oxygen atoms in total. The van der Waals surface area contributed by atoms with E-state index in [9.17, 15) is 22.0 Å². The first-order valence-electron chi connectivity index (χ1n) is 9.58. The summed E-state index contributed by atoms with van der Waals surface area (Å²) in [6, 6.07) is -0.478. The molecule has 1 aromatic heterocycles. The molecule has 4 saturated carbocycles. The van der Waals surface area contributed by atoms with Gasteiger partial charge in [-0.1, -0.05) is 6.08 Å². The van der Waals surface area contributed by atoms with Crippen LogP contribution in [0.5, 0.6) is 5.88 Å². The first kappa shape index (κ1) is 20.2. The first-order valence-corrected chi connectivity index (χ1v) is 11.5. The molecule has 0 saturated heterocycles. The van der Waals surface area contributed by atoms with Crippen LogP contribution < -0.4 is 10.1 Å². The van der Waals surface area contributed by atoms with Crippen molar-refractivity contribution in [3.8, 4) is 5.88 Å². The van der Waals surface area contributed by atoms with Gasteiger partial charge in [0.2, 0.25) is 5.88 Å². The summed E-state index contributed by atoms with van der Waals surface area (Å²) in [4.78, 5) is 20.5. The van der Waals surface area contributed by atoms with E-state index in [1.165, 1.54) is 6.08 Å². The Hall–Kier alpha value is -2.10. The van der Waals surface area contributed by atoms with Gasteiger partial charge in [0, 0.05) is 18.6 Å². The highest BCUT2D eigenvalue weighted by molar-refractivity contribution is 7.93. The van der Waals surface area contributed by atoms with Crippen LogP contribution in [0.2, 0.25) is 0 Å². The number of nitrogens with one attached hydrogen (secondary N) is 1. The Morgan fingerprint density at radius 2 is 2.03 bits per heavy atom. The molecule has 5 rings (SSSR count). The summed E-state index contributed by atoms with van der Waals surface area (Å²) >= 11 is 0. The van der Waals surface area contributed by atoms with E-state index in [1.807, 2.05) is 0 Å². The number of nitrogens with zero attached hydrogens (tertiary/aromatic N) is 2. The molecule has 1 aromatic rings. The molecular formula is C19H23F2N3O4S. The molecule has 0 aliphatic heterocycles. The van der Waals surface area contributed by atoms with Crippen molar-refractivity contribution < 1.29 is 26.7 Å². The largest absolute Gasteiger partial charge is 0.470 e. The lowest BCUT2D eigenvalue weighted by Gasteiger charge is -2.60. The number of amides is 1. The van der Waals surface area contributed by atoms with Gasteiger partial charge in [0.25, 0.3) is 11.8 Å². The molecule has 4 aliphatic carbocycles. The lowest BCUT2D eigenvalue weighted by Crippen LogP contribution is -2.62. The van der Waals surface area contributed by atoms with Gasteiger partial charge in [-0.3, -0.25) is 4.79 Å². The standard InChI is InChI=1S/C19H23F2N3O4S/c1-18(20,21)15-17(28-19-7-11(8-19)9-19)24-14(10-22-15)16(25)23-13(12-3-4-12)5-6-29(2,26)27/h5-6,10-13H,3-4,7-9H2,1-2H3,(H,23,25)/b6-5+/t11?,13-,19?/m1/s1. The molecule has 158 valence electrons. The maximum Gasteiger partial charge on any atom is 0.292 e. The average molecular weight is 427 g/mol. The summed E-state index contributed by atoms with van der Waals surface area (Å²) in [5.41, 5.74) is -1.18. The lowest BCUT2D eigenvalue weighted by molar-refractivity contribution is -0.173. The molecule has 1 amide bonds. The normalized spacial score (nSPS) is 27.1. The van der Waals surface area contributed by atoms with Crippen LogP contribution in [0.1, 0.15) is 55.2 Å². The van der Waals surface area contributed by atoms with Crippen molar-refractivity contribution in [3.05, 3.63) is 29.1 Å². The number of sulfone groups is 1. The minimum Gasteiger partial charge on any atom is -0.470 e. The molecule has 0 aromatic carbocycles. The fourth-order valence-electron chi connectivity index (χ4n) is 3.81. The number of hydrogen-bond acceptors (Lipinski definition) is 6. The van der Waals surface area contributed by atoms with Crippen LogP contribution in [-0.2, 0) is 15.8 Å². The highest BCUT2D eigenvalue weighted by Crippen LogP contribution is 2.59. The fourth-order valence-corrected chi connectivity index (χ4v) is 4.27. The molecular weight excluding hydrogens is 404 g/mol. The van der Waals surface area contributed by atoms with Crippen LogP contribution in [0.25, 0.3) is 0 Å². The number of rotatable bonds is 8. The summed E-state index contributed by atoms with van der Waals surface area (Å²) in [5, 5.41) is 3.77. The van der Waals surface area contributed by atoms with Gasteiger partial charge in [-0.05, 0) is 43.9 Å². The molecule has 0 unspecified atom stereocenters. The third-order valence-electron chi connectivity index (χ3n) is 5.64. The van der Waals surface area contributed by atoms with Crippen molar-refractivity contribution in [2.75, 3.05) is 6.26 Å². The van der Waals surface area contributed by atoms with Gasteiger partial charge in [0.1, 0.15) is 5.60 Å². The van der Waals surface area contributed by atoms with Crippen molar-refractivity contribution >= 4 is 15.7 Å². The summed E-state index contributed by atoms with van der Waals surface area (Å²) in [5.74, 6) is -3.45. The summed E-state index contributed by atoms with van der Waals surface area (Å²) in [6.07, 6.45) is 7.65. The Kier molecular flexibility index (Phi) is 4.67. The topological polar surface area (TPSA) is 98.2 Å². The Morgan fingerprint density at radius 1 is 1.38 bits per heavy atom. The van der Waals surface area contributed by atoms with Crippen molar-refractivity contribution in [3.63, 3.8) is 0 Å². The molecule has 1 N–H and O–H groups in total. The smallest absolute Gasteiger partial charge is 0.292 e. The summed E-state index contributed by atoms with van der Waals surface area (Å²) in [6.45, 7) is 0.713. The van der Waals surface area contributed by atoms with Crippen molar-refractivity contribution in [2.45, 2.75) is 56.6 Å². The second-order valence-corrected chi connectivity index (χ2v) is 10.5. The molecule has 1 heterocycles. The van der Waals surface area contributed by atoms with E-state index in [0.717, 1.165) is 50.0 Å². The van der Waals surface area contributed by atoms with Crippen molar-refractivity contribution in [1.82, 2.24) is 15.3 Å². The Balaban J connectivity index is 1.55. The number of halogens is 2. The molecule has 29 heavy (non-hydrogen) atoms. The second kappa shape index (κ2) is 6.72. The van der Waals surface area contributed by atoms with E-state index in [1.54, 1.807) is 0 Å². The van der Waals surface area contributed by atoms with Crippen LogP contribution in [-0.4, -0.2) is 42.2 Å². The predicted molar refractivity (Wildman–Crippen MR) is 100 cm³/mol. The second-order valence-electron chi connectivity index (χ2n) is 8.56. The highest BCUT2D eigenvalue weighted by Gasteiger charge is 2.60. The van der Waals surface area contributed by atoms with Gasteiger partial charge in [0.15, 0.2) is 21.2 Å². The monoisotopic (exact) mass is 427 g/mol. The number of hydrogen-bond donors (Lipinski definition) is 1. The van der Waals surface area contributed by atoms with Gasteiger partial charge in [0.05, 0.1) is 12.2 Å². The highest BCUT2D eigenvalue weighted by atomic mass is 32.2. The third kappa shape index (κ3) is 4.41. The SMILES string of the molecule is CC(F)(F)c1ncc(C(=O)N[C@H](/C=C/S(C)(=O)=O)C2CC2)nc1OC12CC(C1)C2. The molecule has 1 atom stereocenters. The van der Waals surface area contributed by atoms with Crippen LogP contribution >= 0.6 is 0 Å². The first-order chi connectivity index (χ1) is 13.4. The minimum absolute atomic E-state index is 0.139. The number of alkyl halides is 2. The van der Waals surface area contributed by atoms with Crippen LogP contribution in [0.3, 0.4) is 0 Å². The molecule has 0 radical (unpaired) electrons. The van der Waals surface area contributed by atoms with E-state index in [-0.39, 0.29) is 17.5 Å². The zero-order valence-electron chi connectivity index (χ0n) is 16.2. The van der Waals surface area contributed by atoms with Crippen molar-refractivity contribution in [2.24, 2.45) is 11.8 Å². The number of ether oxygens (including phenoxy) is 1. The van der Waals surface area contributed by atoms with Gasteiger partial charge in [-0.2, -0.15) is 8.78 Å². The molecule has 4 fully saturated rings. The lowest BCUT2D eigenvalue weighted by atomic mass is 9.52. The Labute approximate surface area is 167 Å². The predicted octanol–water partition coefficient (Wildman–Crippen LogP) is 2.59. The van der Waals surface area contributed by atoms with E-state index in [4.69, 9.17) is 4.74 Å². The average Bonchev–Trinajstić information content (AvgIpc) is 3.36. The number of aromatic nitrogens is 2. The Bertz CT molecular complexity index is 953. The fraction of sp³-hybridized carbons (Fsp3) is 0.632. The summed E-state index contributed by atoms with van der Waals surface area (Å²) < 4.78 is 56.4. The third-order valence-corrected chi connectivity index (χ3v) is 6.30. The quantitative estimate of drug-likeness (QED) is 0.685. The van der Waals surface area contributed by atoms with Gasteiger partial charge < -0.3 is 10.1 Å². The van der Waals surface area contributed by atoms with E-state index >= 15 is 0 Å². The maximum atomic E-state index is 13.9. The van der Waals surface area contributed by atoms with E-state index < -0.39 is 39.0 Å². The summed E-state index contributed by atoms with van der Waals surface area (Å²) in [7, 11) is -3.33. The zero-order chi connectivity index (χ0) is 21.0. The molecule has 4 aliphatic rings. The van der Waals surface area contributed by atoms with E-state index in [2.05, 4.69) is 15.3 Å². The maximum absolute atomic E-state index is 13.9. The van der Waals surface area contributed by atoms with Gasteiger partial charge in [-0.15, -0.1) is 0 Å². The van der Waals surface area contributed by atoms with Gasteiger partial charge >= 0.3 is 0 Å². The van der Waals surface area contributed by atoms with Crippen LogP contribution in [0.4, 0.5) is 8.78 Å². The number of carbonyl (C=O) groups is 1. The zero-order valence-corrected chi connectivity index (χ0v) is 17.0. The molecule has 0 spiro atoms. The minimum atomic E-state index is -3.33. The van der Waals surface area contributed by atoms with Crippen molar-refractivity contribution in [1.29, 1.82) is 0 Å². The molecule has 2 bridgehead atoms.